The van der Waals surface area contributed by atoms with E-state index in [4.69, 9.17) is 10.00 Å². The molecule has 142 valence electrons. The summed E-state index contributed by atoms with van der Waals surface area (Å²) >= 11 is 0. The third-order valence-corrected chi connectivity index (χ3v) is 4.92. The van der Waals surface area contributed by atoms with Crippen LogP contribution in [0.4, 0.5) is 0 Å². The van der Waals surface area contributed by atoms with Gasteiger partial charge in [-0.2, -0.15) is 9.98 Å². The Bertz CT molecular complexity index is 789. The van der Waals surface area contributed by atoms with Gasteiger partial charge in [-0.25, -0.2) is 8.42 Å². The number of hydrogen-bond donors (Lipinski definition) is 1. The van der Waals surface area contributed by atoms with E-state index in [-0.39, 0.29) is 28.4 Å². The number of amides is 1. The summed E-state index contributed by atoms with van der Waals surface area (Å²) in [5.41, 5.74) is -0.0342. The van der Waals surface area contributed by atoms with Crippen molar-refractivity contribution in [1.29, 1.82) is 5.26 Å². The van der Waals surface area contributed by atoms with Gasteiger partial charge in [-0.1, -0.05) is 12.1 Å². The van der Waals surface area contributed by atoms with Crippen molar-refractivity contribution >= 4 is 21.9 Å². The quantitative estimate of drug-likeness (QED) is 0.672. The van der Waals surface area contributed by atoms with Crippen molar-refractivity contribution in [3.63, 3.8) is 0 Å². The second-order valence-electron chi connectivity index (χ2n) is 6.08. The first kappa shape index (κ1) is 21.6. The maximum atomic E-state index is 12.2. The van der Waals surface area contributed by atoms with Gasteiger partial charge < -0.3 is 9.64 Å². The lowest BCUT2D eigenvalue weighted by molar-refractivity contribution is -0.152. The van der Waals surface area contributed by atoms with Gasteiger partial charge in [0.2, 0.25) is 10.0 Å². The highest BCUT2D eigenvalue weighted by atomic mass is 32.2. The molecule has 8 nitrogen and oxygen atoms in total. The molecule has 0 spiro atoms. The van der Waals surface area contributed by atoms with Crippen molar-refractivity contribution in [3.8, 4) is 6.07 Å². The second-order valence-corrected chi connectivity index (χ2v) is 7.82. The van der Waals surface area contributed by atoms with Gasteiger partial charge in [0, 0.05) is 12.1 Å². The Morgan fingerprint density at radius 1 is 1.19 bits per heavy atom. The molecule has 0 radical (unpaired) electrons. The van der Waals surface area contributed by atoms with Gasteiger partial charge in [0.1, 0.15) is 12.6 Å². The monoisotopic (exact) mass is 381 g/mol. The fourth-order valence-corrected chi connectivity index (χ4v) is 3.59. The zero-order valence-corrected chi connectivity index (χ0v) is 16.0. The summed E-state index contributed by atoms with van der Waals surface area (Å²) in [5.74, 6) is -1.25. The minimum Gasteiger partial charge on any atom is -0.455 e. The summed E-state index contributed by atoms with van der Waals surface area (Å²) in [7, 11) is -4.05. The van der Waals surface area contributed by atoms with Crippen molar-refractivity contribution in [1.82, 2.24) is 9.62 Å². The fraction of sp³-hybridized carbons (Fsp3) is 0.471. The van der Waals surface area contributed by atoms with Crippen LogP contribution in [0.25, 0.3) is 0 Å². The van der Waals surface area contributed by atoms with Gasteiger partial charge in [0.25, 0.3) is 5.91 Å². The number of benzene rings is 1. The van der Waals surface area contributed by atoms with Gasteiger partial charge >= 0.3 is 5.97 Å². The molecule has 1 N–H and O–H groups in total. The number of rotatable bonds is 8. The summed E-state index contributed by atoms with van der Waals surface area (Å²) in [4.78, 5) is 25.2. The third-order valence-electron chi connectivity index (χ3n) is 3.46. The molecule has 0 atom stereocenters. The van der Waals surface area contributed by atoms with Crippen LogP contribution in [-0.4, -0.2) is 50.4 Å². The summed E-state index contributed by atoms with van der Waals surface area (Å²) in [6.07, 6.45) is 0. The van der Waals surface area contributed by atoms with Crippen LogP contribution in [0.2, 0.25) is 0 Å². The first-order valence-electron chi connectivity index (χ1n) is 8.05. The molecule has 0 unspecified atom stereocenters. The molecule has 0 bridgehead atoms. The molecule has 26 heavy (non-hydrogen) atoms. The van der Waals surface area contributed by atoms with E-state index in [1.807, 2.05) is 27.7 Å². The van der Waals surface area contributed by atoms with E-state index in [1.165, 1.54) is 24.3 Å². The van der Waals surface area contributed by atoms with Crippen molar-refractivity contribution in [2.24, 2.45) is 0 Å². The number of ether oxygens (including phenoxy) is 1. The number of esters is 1. The SMILES string of the molecule is CC(C)N(C(=O)COC(=O)CNS(=O)(=O)c1ccccc1C#N)C(C)C. The average Bonchev–Trinajstić information content (AvgIpc) is 2.57. The number of sulfonamides is 1. The first-order chi connectivity index (χ1) is 12.1. The van der Waals surface area contributed by atoms with Gasteiger partial charge in [-0.05, 0) is 39.8 Å². The van der Waals surface area contributed by atoms with Crippen molar-refractivity contribution in [2.75, 3.05) is 13.2 Å². The molecule has 0 aliphatic carbocycles. The van der Waals surface area contributed by atoms with Crippen LogP contribution in [0, 0.1) is 11.3 Å². The predicted octanol–water partition coefficient (Wildman–Crippen LogP) is 1.03. The molecule has 9 heteroatoms. The van der Waals surface area contributed by atoms with Crippen LogP contribution in [0.3, 0.4) is 0 Å². The Balaban J connectivity index is 2.64. The molecule has 0 fully saturated rings. The molecule has 0 heterocycles. The molecule has 0 saturated heterocycles. The number of nitriles is 1. The zero-order valence-electron chi connectivity index (χ0n) is 15.2. The summed E-state index contributed by atoms with van der Waals surface area (Å²) in [6, 6.07) is 7.30. The molecule has 0 aliphatic rings. The van der Waals surface area contributed by atoms with Crippen LogP contribution in [-0.2, 0) is 24.3 Å². The molecule has 1 aromatic carbocycles. The highest BCUT2D eigenvalue weighted by Gasteiger charge is 2.23. The van der Waals surface area contributed by atoms with E-state index in [9.17, 15) is 18.0 Å². The fourth-order valence-electron chi connectivity index (χ4n) is 2.47. The molecule has 1 rings (SSSR count). The molecular formula is C17H23N3O5S. The third kappa shape index (κ3) is 5.82. The van der Waals surface area contributed by atoms with E-state index in [2.05, 4.69) is 4.72 Å². The lowest BCUT2D eigenvalue weighted by atomic mass is 10.2. The van der Waals surface area contributed by atoms with Gasteiger partial charge in [0.15, 0.2) is 6.61 Å². The second kappa shape index (κ2) is 9.31. The standard InChI is InChI=1S/C17H23N3O5S/c1-12(2)20(13(3)4)16(21)11-25-17(22)10-19-26(23,24)15-8-6-5-7-14(15)9-18/h5-8,12-13,19H,10-11H2,1-4H3. The number of hydrogen-bond acceptors (Lipinski definition) is 6. The number of nitrogens with one attached hydrogen (secondary N) is 1. The van der Waals surface area contributed by atoms with Crippen molar-refractivity contribution in [2.45, 2.75) is 44.7 Å². The highest BCUT2D eigenvalue weighted by molar-refractivity contribution is 7.89. The Morgan fingerprint density at radius 3 is 2.31 bits per heavy atom. The van der Waals surface area contributed by atoms with Crippen molar-refractivity contribution in [3.05, 3.63) is 29.8 Å². The minimum absolute atomic E-state index is 0.0342. The maximum Gasteiger partial charge on any atom is 0.321 e. The molecule has 0 saturated carbocycles. The molecule has 1 amide bonds. The lowest BCUT2D eigenvalue weighted by Crippen LogP contribution is -2.44. The van der Waals surface area contributed by atoms with E-state index in [0.29, 0.717) is 0 Å². The summed E-state index contributed by atoms with van der Waals surface area (Å²) in [5, 5.41) is 8.97. The van der Waals surface area contributed by atoms with E-state index in [0.717, 1.165) is 0 Å². The summed E-state index contributed by atoms with van der Waals surface area (Å²) < 4.78 is 31.3. The largest absolute Gasteiger partial charge is 0.455 e. The van der Waals surface area contributed by atoms with Crippen LogP contribution < -0.4 is 4.72 Å². The van der Waals surface area contributed by atoms with Gasteiger partial charge in [-0.15, -0.1) is 0 Å². The first-order valence-corrected chi connectivity index (χ1v) is 9.54. The van der Waals surface area contributed by atoms with Crippen LogP contribution in [0.15, 0.2) is 29.2 Å². The zero-order chi connectivity index (χ0) is 19.9. The number of carbonyl (C=O) groups is 2. The highest BCUT2D eigenvalue weighted by Crippen LogP contribution is 2.13. The average molecular weight is 381 g/mol. The molecule has 1 aromatic rings. The van der Waals surface area contributed by atoms with Crippen LogP contribution in [0.5, 0.6) is 0 Å². The predicted molar refractivity (Wildman–Crippen MR) is 94.4 cm³/mol. The smallest absolute Gasteiger partial charge is 0.321 e. The normalized spacial score (nSPS) is 11.3. The summed E-state index contributed by atoms with van der Waals surface area (Å²) in [6.45, 7) is 6.28. The molecule has 0 aliphatic heterocycles. The van der Waals surface area contributed by atoms with Crippen LogP contribution >= 0.6 is 0 Å². The molecular weight excluding hydrogens is 358 g/mol. The van der Waals surface area contributed by atoms with E-state index in [1.54, 1.807) is 11.0 Å². The topological polar surface area (TPSA) is 117 Å². The molecule has 0 aromatic heterocycles. The number of carbonyl (C=O) groups excluding carboxylic acids is 2. The maximum absolute atomic E-state index is 12.2. The lowest BCUT2D eigenvalue weighted by Gasteiger charge is -2.30. The Kier molecular flexibility index (Phi) is 7.74. The van der Waals surface area contributed by atoms with E-state index < -0.39 is 29.1 Å². The number of nitrogens with zero attached hydrogens (tertiary/aromatic N) is 2. The Hall–Kier alpha value is -2.44. The van der Waals surface area contributed by atoms with Crippen molar-refractivity contribution < 1.29 is 22.7 Å². The van der Waals surface area contributed by atoms with E-state index >= 15 is 0 Å². The van der Waals surface area contributed by atoms with Crippen LogP contribution in [0.1, 0.15) is 33.3 Å². The van der Waals surface area contributed by atoms with Gasteiger partial charge in [-0.3, -0.25) is 9.59 Å². The van der Waals surface area contributed by atoms with Gasteiger partial charge in [0.05, 0.1) is 10.5 Å². The minimum atomic E-state index is -4.05. The Morgan fingerprint density at radius 2 is 1.77 bits per heavy atom. The Labute approximate surface area is 153 Å².